The van der Waals surface area contributed by atoms with E-state index in [4.69, 9.17) is 9.47 Å². The van der Waals surface area contributed by atoms with E-state index in [1.54, 1.807) is 12.1 Å². The lowest BCUT2D eigenvalue weighted by molar-refractivity contribution is -0.120. The molecule has 0 aromatic heterocycles. The van der Waals surface area contributed by atoms with Crippen LogP contribution in [0.25, 0.3) is 0 Å². The molecular formula is C15H21BrN2O4. The van der Waals surface area contributed by atoms with E-state index in [2.05, 4.69) is 26.6 Å². The van der Waals surface area contributed by atoms with Crippen molar-refractivity contribution in [2.24, 2.45) is 0 Å². The van der Waals surface area contributed by atoms with Gasteiger partial charge in [-0.25, -0.2) is 0 Å². The summed E-state index contributed by atoms with van der Waals surface area (Å²) < 4.78 is 11.3. The van der Waals surface area contributed by atoms with Gasteiger partial charge in [0.2, 0.25) is 5.91 Å². The fourth-order valence-electron chi connectivity index (χ4n) is 1.77. The highest BCUT2D eigenvalue weighted by molar-refractivity contribution is 9.10. The van der Waals surface area contributed by atoms with Gasteiger partial charge < -0.3 is 20.1 Å². The van der Waals surface area contributed by atoms with Crippen molar-refractivity contribution in [2.45, 2.75) is 26.8 Å². The van der Waals surface area contributed by atoms with E-state index in [1.807, 2.05) is 20.8 Å². The first-order chi connectivity index (χ1) is 10.4. The third kappa shape index (κ3) is 5.22. The number of rotatable bonds is 7. The Morgan fingerprint density at radius 3 is 2.55 bits per heavy atom. The van der Waals surface area contributed by atoms with Gasteiger partial charge in [0.1, 0.15) is 0 Å². The smallest absolute Gasteiger partial charge is 0.251 e. The summed E-state index contributed by atoms with van der Waals surface area (Å²) in [4.78, 5) is 23.7. The Bertz CT molecular complexity index is 547. The predicted octanol–water partition coefficient (Wildman–Crippen LogP) is 2.11. The summed E-state index contributed by atoms with van der Waals surface area (Å²) in [7, 11) is 1.50. The molecule has 1 rings (SSSR count). The van der Waals surface area contributed by atoms with Gasteiger partial charge in [0.05, 0.1) is 24.7 Å². The zero-order chi connectivity index (χ0) is 16.7. The quantitative estimate of drug-likeness (QED) is 0.768. The van der Waals surface area contributed by atoms with Crippen LogP contribution in [0, 0.1) is 0 Å². The van der Waals surface area contributed by atoms with Crippen LogP contribution in [-0.2, 0) is 4.79 Å². The Morgan fingerprint density at radius 2 is 2.00 bits per heavy atom. The molecule has 122 valence electrons. The van der Waals surface area contributed by atoms with Gasteiger partial charge in [-0.2, -0.15) is 0 Å². The van der Waals surface area contributed by atoms with Crippen molar-refractivity contribution in [3.05, 3.63) is 22.2 Å². The van der Waals surface area contributed by atoms with Gasteiger partial charge in [-0.05, 0) is 48.8 Å². The molecule has 0 aliphatic carbocycles. The number of methoxy groups -OCH3 is 1. The molecule has 0 saturated heterocycles. The number of carbonyl (C=O) groups is 2. The SMILES string of the molecule is CCOc1c(Br)cc(C(=O)NCC(=O)NC(C)C)cc1OC. The minimum absolute atomic E-state index is 0.0316. The number of halogens is 1. The molecule has 0 bridgehead atoms. The molecule has 2 amide bonds. The second-order valence-corrected chi connectivity index (χ2v) is 5.68. The van der Waals surface area contributed by atoms with Crippen LogP contribution in [0.3, 0.4) is 0 Å². The highest BCUT2D eigenvalue weighted by Crippen LogP contribution is 2.36. The highest BCUT2D eigenvalue weighted by Gasteiger charge is 2.16. The molecule has 0 atom stereocenters. The Kier molecular flexibility index (Phi) is 7.17. The fourth-order valence-corrected chi connectivity index (χ4v) is 2.33. The number of carbonyl (C=O) groups excluding carboxylic acids is 2. The minimum atomic E-state index is -0.360. The first kappa shape index (κ1) is 18.3. The molecule has 6 nitrogen and oxygen atoms in total. The number of ether oxygens (including phenoxy) is 2. The number of amides is 2. The molecule has 0 unspecified atom stereocenters. The summed E-state index contributed by atoms with van der Waals surface area (Å²) in [6.45, 7) is 5.97. The van der Waals surface area contributed by atoms with Crippen molar-refractivity contribution in [3.8, 4) is 11.5 Å². The maximum absolute atomic E-state index is 12.1. The normalized spacial score (nSPS) is 10.3. The van der Waals surface area contributed by atoms with Gasteiger partial charge in [-0.1, -0.05) is 0 Å². The second-order valence-electron chi connectivity index (χ2n) is 4.83. The second kappa shape index (κ2) is 8.63. The van der Waals surface area contributed by atoms with Gasteiger partial charge in [0, 0.05) is 11.6 Å². The largest absolute Gasteiger partial charge is 0.493 e. The van der Waals surface area contributed by atoms with E-state index in [0.29, 0.717) is 28.1 Å². The minimum Gasteiger partial charge on any atom is -0.493 e. The molecule has 1 aromatic carbocycles. The molecule has 0 radical (unpaired) electrons. The van der Waals surface area contributed by atoms with Crippen LogP contribution in [-0.4, -0.2) is 38.1 Å². The van der Waals surface area contributed by atoms with Crippen molar-refractivity contribution in [1.29, 1.82) is 0 Å². The molecule has 0 aliphatic heterocycles. The maximum atomic E-state index is 12.1. The maximum Gasteiger partial charge on any atom is 0.251 e. The van der Waals surface area contributed by atoms with Crippen LogP contribution in [0.5, 0.6) is 11.5 Å². The number of hydrogen-bond donors (Lipinski definition) is 2. The molecule has 0 aliphatic rings. The molecule has 2 N–H and O–H groups in total. The monoisotopic (exact) mass is 372 g/mol. The van der Waals surface area contributed by atoms with Crippen molar-refractivity contribution in [1.82, 2.24) is 10.6 Å². The lowest BCUT2D eigenvalue weighted by atomic mass is 10.2. The Morgan fingerprint density at radius 1 is 1.32 bits per heavy atom. The average Bonchev–Trinajstić information content (AvgIpc) is 2.46. The van der Waals surface area contributed by atoms with Crippen LogP contribution in [0.1, 0.15) is 31.1 Å². The molecule has 1 aromatic rings. The lowest BCUT2D eigenvalue weighted by Crippen LogP contribution is -2.39. The molecular weight excluding hydrogens is 352 g/mol. The highest BCUT2D eigenvalue weighted by atomic mass is 79.9. The van der Waals surface area contributed by atoms with Gasteiger partial charge in [-0.3, -0.25) is 9.59 Å². The van der Waals surface area contributed by atoms with Gasteiger partial charge >= 0.3 is 0 Å². The summed E-state index contributed by atoms with van der Waals surface area (Å²) in [6.07, 6.45) is 0. The predicted molar refractivity (Wildman–Crippen MR) is 87.5 cm³/mol. The third-order valence-corrected chi connectivity index (χ3v) is 3.23. The van der Waals surface area contributed by atoms with E-state index in [1.165, 1.54) is 7.11 Å². The zero-order valence-corrected chi connectivity index (χ0v) is 14.7. The Balaban J connectivity index is 2.81. The van der Waals surface area contributed by atoms with Crippen molar-refractivity contribution in [3.63, 3.8) is 0 Å². The molecule has 0 spiro atoms. The number of benzene rings is 1. The van der Waals surface area contributed by atoms with E-state index >= 15 is 0 Å². The summed E-state index contributed by atoms with van der Waals surface area (Å²) in [6, 6.07) is 3.23. The van der Waals surface area contributed by atoms with Crippen molar-refractivity contribution in [2.75, 3.05) is 20.3 Å². The number of hydrogen-bond acceptors (Lipinski definition) is 4. The summed E-state index contributed by atoms with van der Waals surface area (Å²) >= 11 is 3.36. The van der Waals surface area contributed by atoms with Gasteiger partial charge in [0.25, 0.3) is 5.91 Å². The Hall–Kier alpha value is -1.76. The lowest BCUT2D eigenvalue weighted by Gasteiger charge is -2.13. The standard InChI is InChI=1S/C15H21BrN2O4/c1-5-22-14-11(16)6-10(7-12(14)21-4)15(20)17-8-13(19)18-9(2)3/h6-7,9H,5,8H2,1-4H3,(H,17,20)(H,18,19). The van der Waals surface area contributed by atoms with Crippen molar-refractivity contribution >= 4 is 27.7 Å². The first-order valence-corrected chi connectivity index (χ1v) is 7.76. The van der Waals surface area contributed by atoms with E-state index in [9.17, 15) is 9.59 Å². The number of nitrogens with one attached hydrogen (secondary N) is 2. The Labute approximate surface area is 138 Å². The topological polar surface area (TPSA) is 76.7 Å². The van der Waals surface area contributed by atoms with Gasteiger partial charge in [0.15, 0.2) is 11.5 Å². The van der Waals surface area contributed by atoms with E-state index in [-0.39, 0.29) is 24.4 Å². The van der Waals surface area contributed by atoms with Crippen LogP contribution < -0.4 is 20.1 Å². The summed E-state index contributed by atoms with van der Waals surface area (Å²) in [5, 5.41) is 5.27. The molecule has 0 fully saturated rings. The average molecular weight is 373 g/mol. The van der Waals surface area contributed by atoms with Crippen LogP contribution in [0.4, 0.5) is 0 Å². The van der Waals surface area contributed by atoms with Crippen LogP contribution >= 0.6 is 15.9 Å². The molecule has 0 saturated carbocycles. The molecule has 7 heteroatoms. The van der Waals surface area contributed by atoms with Gasteiger partial charge in [-0.15, -0.1) is 0 Å². The third-order valence-electron chi connectivity index (χ3n) is 2.64. The summed E-state index contributed by atoms with van der Waals surface area (Å²) in [5.74, 6) is 0.397. The first-order valence-electron chi connectivity index (χ1n) is 6.96. The zero-order valence-electron chi connectivity index (χ0n) is 13.2. The van der Waals surface area contributed by atoms with Crippen LogP contribution in [0.15, 0.2) is 16.6 Å². The summed E-state index contributed by atoms with van der Waals surface area (Å²) in [5.41, 5.74) is 0.379. The molecule has 0 heterocycles. The fraction of sp³-hybridized carbons (Fsp3) is 0.467. The molecule has 22 heavy (non-hydrogen) atoms. The van der Waals surface area contributed by atoms with Crippen LogP contribution in [0.2, 0.25) is 0 Å². The van der Waals surface area contributed by atoms with E-state index in [0.717, 1.165) is 0 Å². The van der Waals surface area contributed by atoms with Crippen molar-refractivity contribution < 1.29 is 19.1 Å². The van der Waals surface area contributed by atoms with E-state index < -0.39 is 0 Å².